The van der Waals surface area contributed by atoms with Crippen molar-refractivity contribution < 1.29 is 4.79 Å². The number of nitrogens with one attached hydrogen (secondary N) is 1. The Morgan fingerprint density at radius 1 is 1.67 bits per heavy atom. The van der Waals surface area contributed by atoms with E-state index in [1.165, 1.54) is 28.3 Å². The number of rotatable bonds is 2. The van der Waals surface area contributed by atoms with Gasteiger partial charge in [-0.15, -0.1) is 11.3 Å². The molecule has 1 aromatic heterocycles. The van der Waals surface area contributed by atoms with E-state index in [1.54, 1.807) is 6.92 Å². The van der Waals surface area contributed by atoms with E-state index in [0.29, 0.717) is 17.3 Å². The number of carbonyl (C=O) groups is 1. The summed E-state index contributed by atoms with van der Waals surface area (Å²) < 4.78 is 1.89. The molecule has 2 rings (SSSR count). The van der Waals surface area contributed by atoms with E-state index in [1.807, 2.05) is 4.57 Å². The Hall–Kier alpha value is -0.900. The number of aromatic nitrogens is 1. The molecule has 0 spiro atoms. The van der Waals surface area contributed by atoms with Crippen molar-refractivity contribution in [2.45, 2.75) is 39.7 Å². The molecule has 0 saturated heterocycles. The molecule has 0 aromatic carbocycles. The number of fused-ring (bicyclic) bond motifs is 1. The van der Waals surface area contributed by atoms with Gasteiger partial charge in [-0.2, -0.15) is 0 Å². The molecule has 0 bridgehead atoms. The summed E-state index contributed by atoms with van der Waals surface area (Å²) in [4.78, 5) is 13.0. The molecule has 1 aromatic rings. The van der Waals surface area contributed by atoms with E-state index in [-0.39, 0.29) is 5.78 Å². The molecule has 1 aliphatic carbocycles. The quantitative estimate of drug-likeness (QED) is 0.817. The molecular formula is C11H16N2OS. The first-order valence-electron chi connectivity index (χ1n) is 5.33. The molecular weight excluding hydrogens is 208 g/mol. The standard InChI is InChI=1S/C11H16N2OS/c1-7-3-4-10-9(5-7)13(6-8(2)14)11(12)15-10/h7,12H,3-6H2,1-2H3. The monoisotopic (exact) mass is 224 g/mol. The normalized spacial score (nSPS) is 20.0. The average molecular weight is 224 g/mol. The molecule has 0 amide bonds. The van der Waals surface area contributed by atoms with Crippen LogP contribution in [-0.2, 0) is 24.2 Å². The summed E-state index contributed by atoms with van der Waals surface area (Å²) >= 11 is 1.54. The van der Waals surface area contributed by atoms with Crippen LogP contribution in [0.4, 0.5) is 0 Å². The number of ketones is 1. The van der Waals surface area contributed by atoms with Gasteiger partial charge in [-0.3, -0.25) is 10.2 Å². The van der Waals surface area contributed by atoms with Gasteiger partial charge in [0.15, 0.2) is 4.80 Å². The highest BCUT2D eigenvalue weighted by Gasteiger charge is 2.21. The van der Waals surface area contributed by atoms with Crippen LogP contribution in [0.2, 0.25) is 0 Å². The van der Waals surface area contributed by atoms with E-state index in [4.69, 9.17) is 5.41 Å². The lowest BCUT2D eigenvalue weighted by Crippen LogP contribution is -2.23. The Bertz CT molecular complexity index is 444. The number of Topliss-reactive ketones (excluding diaryl/α,β-unsaturated/α-hetero) is 1. The van der Waals surface area contributed by atoms with Crippen LogP contribution < -0.4 is 4.80 Å². The Balaban J connectivity index is 2.41. The van der Waals surface area contributed by atoms with E-state index in [9.17, 15) is 4.79 Å². The zero-order valence-corrected chi connectivity index (χ0v) is 9.99. The van der Waals surface area contributed by atoms with Gasteiger partial charge in [0.05, 0.1) is 6.54 Å². The van der Waals surface area contributed by atoms with Crippen LogP contribution in [-0.4, -0.2) is 10.4 Å². The van der Waals surface area contributed by atoms with Crippen molar-refractivity contribution in [3.05, 3.63) is 15.4 Å². The van der Waals surface area contributed by atoms with E-state index < -0.39 is 0 Å². The highest BCUT2D eigenvalue weighted by Crippen LogP contribution is 2.26. The molecule has 0 saturated carbocycles. The van der Waals surface area contributed by atoms with Crippen molar-refractivity contribution in [1.82, 2.24) is 4.57 Å². The molecule has 15 heavy (non-hydrogen) atoms. The first-order valence-corrected chi connectivity index (χ1v) is 6.15. The van der Waals surface area contributed by atoms with Crippen LogP contribution in [0.5, 0.6) is 0 Å². The van der Waals surface area contributed by atoms with Gasteiger partial charge in [-0.1, -0.05) is 6.92 Å². The minimum absolute atomic E-state index is 0.132. The lowest BCUT2D eigenvalue weighted by atomic mass is 9.92. The third-order valence-electron chi connectivity index (χ3n) is 2.90. The van der Waals surface area contributed by atoms with Gasteiger partial charge in [0, 0.05) is 10.6 Å². The molecule has 82 valence electrons. The van der Waals surface area contributed by atoms with Crippen LogP contribution in [0.1, 0.15) is 30.8 Å². The molecule has 0 aliphatic heterocycles. The summed E-state index contributed by atoms with van der Waals surface area (Å²) in [5.41, 5.74) is 1.24. The summed E-state index contributed by atoms with van der Waals surface area (Å²) in [5, 5.41) is 7.86. The summed E-state index contributed by atoms with van der Waals surface area (Å²) in [6.45, 7) is 4.20. The molecule has 4 heteroatoms. The average Bonchev–Trinajstić information content (AvgIpc) is 2.43. The zero-order valence-electron chi connectivity index (χ0n) is 9.17. The Morgan fingerprint density at radius 2 is 2.40 bits per heavy atom. The maximum atomic E-state index is 11.1. The molecule has 1 N–H and O–H groups in total. The number of thiazole rings is 1. The van der Waals surface area contributed by atoms with Crippen molar-refractivity contribution in [3.8, 4) is 0 Å². The van der Waals surface area contributed by atoms with Crippen LogP contribution >= 0.6 is 11.3 Å². The van der Waals surface area contributed by atoms with Gasteiger partial charge in [-0.25, -0.2) is 0 Å². The molecule has 0 fully saturated rings. The van der Waals surface area contributed by atoms with Gasteiger partial charge in [0.1, 0.15) is 5.78 Å². The highest BCUT2D eigenvalue weighted by atomic mass is 32.1. The molecule has 1 aliphatic rings. The maximum absolute atomic E-state index is 11.1. The molecule has 1 atom stereocenters. The van der Waals surface area contributed by atoms with Gasteiger partial charge >= 0.3 is 0 Å². The molecule has 3 nitrogen and oxygen atoms in total. The number of hydrogen-bond acceptors (Lipinski definition) is 3. The Morgan fingerprint density at radius 3 is 3.07 bits per heavy atom. The van der Waals surface area contributed by atoms with Crippen molar-refractivity contribution >= 4 is 17.1 Å². The van der Waals surface area contributed by atoms with Gasteiger partial charge in [0.2, 0.25) is 0 Å². The maximum Gasteiger partial charge on any atom is 0.182 e. The van der Waals surface area contributed by atoms with Crippen LogP contribution in [0.3, 0.4) is 0 Å². The van der Waals surface area contributed by atoms with Crippen molar-refractivity contribution in [3.63, 3.8) is 0 Å². The summed E-state index contributed by atoms with van der Waals surface area (Å²) in [5.74, 6) is 0.817. The van der Waals surface area contributed by atoms with Crippen molar-refractivity contribution in [1.29, 1.82) is 5.41 Å². The number of aryl methyl sites for hydroxylation is 1. The largest absolute Gasteiger partial charge is 0.314 e. The first kappa shape index (κ1) is 10.6. The highest BCUT2D eigenvalue weighted by molar-refractivity contribution is 7.09. The summed E-state index contributed by atoms with van der Waals surface area (Å²) in [7, 11) is 0. The predicted molar refractivity (Wildman–Crippen MR) is 60.0 cm³/mol. The Kier molecular flexibility index (Phi) is 2.78. The van der Waals surface area contributed by atoms with Gasteiger partial charge in [0.25, 0.3) is 0 Å². The molecule has 1 unspecified atom stereocenters. The number of hydrogen-bond donors (Lipinski definition) is 1. The van der Waals surface area contributed by atoms with Crippen LogP contribution in [0, 0.1) is 11.3 Å². The minimum Gasteiger partial charge on any atom is -0.314 e. The second-order valence-corrected chi connectivity index (χ2v) is 5.50. The SMILES string of the molecule is CC(=O)Cn1c2c(sc1=N)CCC(C)C2. The summed E-state index contributed by atoms with van der Waals surface area (Å²) in [6, 6.07) is 0. The lowest BCUT2D eigenvalue weighted by Gasteiger charge is -2.19. The van der Waals surface area contributed by atoms with Gasteiger partial charge < -0.3 is 4.57 Å². The second kappa shape index (κ2) is 3.93. The first-order chi connectivity index (χ1) is 7.08. The van der Waals surface area contributed by atoms with Gasteiger partial charge in [-0.05, 0) is 32.1 Å². The van der Waals surface area contributed by atoms with E-state index in [2.05, 4.69) is 6.92 Å². The third kappa shape index (κ3) is 2.04. The predicted octanol–water partition coefficient (Wildman–Crippen LogP) is 1.74. The fraction of sp³-hybridized carbons (Fsp3) is 0.636. The number of nitrogens with zero attached hydrogens (tertiary/aromatic N) is 1. The van der Waals surface area contributed by atoms with Crippen molar-refractivity contribution in [2.24, 2.45) is 5.92 Å². The smallest absolute Gasteiger partial charge is 0.182 e. The van der Waals surface area contributed by atoms with Crippen LogP contribution in [0.25, 0.3) is 0 Å². The second-order valence-electron chi connectivity index (χ2n) is 4.41. The fourth-order valence-corrected chi connectivity index (χ4v) is 3.17. The van der Waals surface area contributed by atoms with E-state index in [0.717, 1.165) is 12.8 Å². The van der Waals surface area contributed by atoms with Crippen LogP contribution in [0.15, 0.2) is 0 Å². The molecule has 0 radical (unpaired) electrons. The number of carbonyl (C=O) groups excluding carboxylic acids is 1. The minimum atomic E-state index is 0.132. The molecule has 1 heterocycles. The summed E-state index contributed by atoms with van der Waals surface area (Å²) in [6.07, 6.45) is 3.32. The topological polar surface area (TPSA) is 45.9 Å². The third-order valence-corrected chi connectivity index (χ3v) is 4.00. The lowest BCUT2D eigenvalue weighted by molar-refractivity contribution is -0.117. The van der Waals surface area contributed by atoms with Crippen molar-refractivity contribution in [2.75, 3.05) is 0 Å². The fourth-order valence-electron chi connectivity index (χ4n) is 2.12. The van der Waals surface area contributed by atoms with E-state index >= 15 is 0 Å². The zero-order chi connectivity index (χ0) is 11.0. The Labute approximate surface area is 93.3 Å².